The molecule has 1 saturated heterocycles. The summed E-state index contributed by atoms with van der Waals surface area (Å²) in [6.07, 6.45) is 2.65. The van der Waals surface area contributed by atoms with Crippen LogP contribution in [0.1, 0.15) is 47.0 Å². The van der Waals surface area contributed by atoms with Gasteiger partial charge in [0.1, 0.15) is 5.00 Å². The minimum absolute atomic E-state index is 0.0737. The summed E-state index contributed by atoms with van der Waals surface area (Å²) in [4.78, 5) is 39.5. The van der Waals surface area contributed by atoms with E-state index >= 15 is 0 Å². The predicted molar refractivity (Wildman–Crippen MR) is 153 cm³/mol. The van der Waals surface area contributed by atoms with Crippen LogP contribution < -0.4 is 10.9 Å². The average molecular weight is 601 g/mol. The summed E-state index contributed by atoms with van der Waals surface area (Å²) in [6.45, 7) is 2.73. The van der Waals surface area contributed by atoms with Crippen molar-refractivity contribution >= 4 is 60.6 Å². The number of piperidine rings is 1. The Labute approximate surface area is 239 Å². The van der Waals surface area contributed by atoms with Gasteiger partial charge in [0.25, 0.3) is 11.5 Å². The molecular formula is C27H25ClN4O6S2. The lowest BCUT2D eigenvalue weighted by atomic mass is 10.2. The fourth-order valence-electron chi connectivity index (χ4n) is 4.46. The molecule has 1 aliphatic rings. The maximum absolute atomic E-state index is 13.6. The molecule has 0 bridgehead atoms. The maximum atomic E-state index is 13.6. The molecule has 0 atom stereocenters. The van der Waals surface area contributed by atoms with Crippen molar-refractivity contribution in [2.24, 2.45) is 0 Å². The molecule has 1 amide bonds. The fraction of sp³-hybridized carbons (Fsp3) is 0.259. The molecule has 1 N–H and O–H groups in total. The van der Waals surface area contributed by atoms with Crippen LogP contribution in [0.2, 0.25) is 5.02 Å². The molecule has 1 aliphatic heterocycles. The number of amides is 1. The molecular weight excluding hydrogens is 576 g/mol. The number of nitrogens with zero attached hydrogens (tertiary/aromatic N) is 3. The summed E-state index contributed by atoms with van der Waals surface area (Å²) >= 11 is 7.06. The van der Waals surface area contributed by atoms with Crippen molar-refractivity contribution < 1.29 is 22.7 Å². The molecule has 5 rings (SSSR count). The molecule has 4 aromatic rings. The zero-order valence-corrected chi connectivity index (χ0v) is 23.8. The SMILES string of the molecule is CCOC(=O)c1nn(-c2ccc(Cl)cc2)c(=O)c2c(NC(=O)c3ccc(S(=O)(=O)N4CCCCC4)cc3)scc12. The highest BCUT2D eigenvalue weighted by atomic mass is 35.5. The van der Waals surface area contributed by atoms with Crippen molar-refractivity contribution in [1.82, 2.24) is 14.1 Å². The van der Waals surface area contributed by atoms with Gasteiger partial charge < -0.3 is 10.1 Å². The predicted octanol–water partition coefficient (Wildman–Crippen LogP) is 4.70. The van der Waals surface area contributed by atoms with E-state index in [0.29, 0.717) is 23.8 Å². The highest BCUT2D eigenvalue weighted by molar-refractivity contribution is 7.89. The van der Waals surface area contributed by atoms with E-state index in [-0.39, 0.29) is 38.5 Å². The second-order valence-corrected chi connectivity index (χ2v) is 12.3. The molecule has 3 heterocycles. The maximum Gasteiger partial charge on any atom is 0.359 e. The van der Waals surface area contributed by atoms with Gasteiger partial charge in [0.2, 0.25) is 10.0 Å². The monoisotopic (exact) mass is 600 g/mol. The van der Waals surface area contributed by atoms with Gasteiger partial charge in [-0.15, -0.1) is 11.3 Å². The summed E-state index contributed by atoms with van der Waals surface area (Å²) in [5, 5.41) is 9.57. The summed E-state index contributed by atoms with van der Waals surface area (Å²) in [6, 6.07) is 12.0. The van der Waals surface area contributed by atoms with Crippen LogP contribution in [-0.4, -0.2) is 54.1 Å². The van der Waals surface area contributed by atoms with Crippen molar-refractivity contribution in [3.8, 4) is 5.69 Å². The number of carbonyl (C=O) groups is 2. The van der Waals surface area contributed by atoms with Crippen LogP contribution in [0.4, 0.5) is 5.00 Å². The highest BCUT2D eigenvalue weighted by Crippen LogP contribution is 2.31. The summed E-state index contributed by atoms with van der Waals surface area (Å²) in [5.74, 6) is -1.26. The number of aromatic nitrogens is 2. The molecule has 1 fully saturated rings. The van der Waals surface area contributed by atoms with Crippen LogP contribution in [0.25, 0.3) is 16.5 Å². The molecule has 10 nitrogen and oxygen atoms in total. The zero-order valence-electron chi connectivity index (χ0n) is 21.4. The van der Waals surface area contributed by atoms with Crippen LogP contribution in [0.5, 0.6) is 0 Å². The van der Waals surface area contributed by atoms with E-state index in [9.17, 15) is 22.8 Å². The summed E-state index contributed by atoms with van der Waals surface area (Å²) in [5.41, 5.74) is -0.0482. The first-order chi connectivity index (χ1) is 19.2. The number of halogens is 1. The Bertz CT molecular complexity index is 1740. The molecule has 13 heteroatoms. The third kappa shape index (κ3) is 5.39. The van der Waals surface area contributed by atoms with Crippen molar-refractivity contribution in [1.29, 1.82) is 0 Å². The first-order valence-corrected chi connectivity index (χ1v) is 15.3. The number of carbonyl (C=O) groups excluding carboxylic acids is 2. The normalized spacial score (nSPS) is 14.2. The van der Waals surface area contributed by atoms with E-state index in [4.69, 9.17) is 16.3 Å². The summed E-state index contributed by atoms with van der Waals surface area (Å²) < 4.78 is 33.6. The molecule has 40 heavy (non-hydrogen) atoms. The smallest absolute Gasteiger partial charge is 0.359 e. The van der Waals surface area contributed by atoms with Gasteiger partial charge in [-0.25, -0.2) is 13.2 Å². The number of fused-ring (bicyclic) bond motifs is 1. The lowest BCUT2D eigenvalue weighted by Gasteiger charge is -2.25. The molecule has 0 aliphatic carbocycles. The van der Waals surface area contributed by atoms with Crippen molar-refractivity contribution in [3.05, 3.63) is 80.5 Å². The Hall–Kier alpha value is -3.58. The average Bonchev–Trinajstić information content (AvgIpc) is 3.38. The molecule has 0 radical (unpaired) electrons. The minimum atomic E-state index is -3.64. The fourth-order valence-corrected chi connectivity index (χ4v) is 7.03. The van der Waals surface area contributed by atoms with Crippen LogP contribution in [0.15, 0.2) is 63.6 Å². The van der Waals surface area contributed by atoms with E-state index in [1.165, 1.54) is 28.6 Å². The van der Waals surface area contributed by atoms with Gasteiger partial charge >= 0.3 is 5.97 Å². The molecule has 2 aromatic carbocycles. The van der Waals surface area contributed by atoms with E-state index in [1.54, 1.807) is 36.6 Å². The number of ether oxygens (including phenoxy) is 1. The topological polar surface area (TPSA) is 128 Å². The number of nitrogens with one attached hydrogen (secondary N) is 1. The number of benzene rings is 2. The Morgan fingerprint density at radius 3 is 2.38 bits per heavy atom. The molecule has 0 unspecified atom stereocenters. The van der Waals surface area contributed by atoms with Crippen LogP contribution >= 0.6 is 22.9 Å². The minimum Gasteiger partial charge on any atom is -0.461 e. The first-order valence-electron chi connectivity index (χ1n) is 12.6. The van der Waals surface area contributed by atoms with Crippen molar-refractivity contribution in [2.75, 3.05) is 25.0 Å². The van der Waals surface area contributed by atoms with Gasteiger partial charge in [0, 0.05) is 34.4 Å². The van der Waals surface area contributed by atoms with Gasteiger partial charge in [-0.3, -0.25) is 9.59 Å². The number of anilines is 1. The van der Waals surface area contributed by atoms with Crippen molar-refractivity contribution in [3.63, 3.8) is 0 Å². The standard InChI is InChI=1S/C27H25ClN4O6S2/c1-2-38-27(35)23-21-16-39-25(22(21)26(34)32(30-23)19-10-8-18(28)9-11-19)29-24(33)17-6-12-20(13-7-17)40(36,37)31-14-4-3-5-15-31/h6-13,16H,2-5,14-15H2,1H3,(H,29,33). The number of esters is 1. The van der Waals surface area contributed by atoms with E-state index < -0.39 is 27.5 Å². The molecule has 2 aromatic heterocycles. The van der Waals surface area contributed by atoms with E-state index in [1.807, 2.05) is 0 Å². The quantitative estimate of drug-likeness (QED) is 0.304. The third-order valence-corrected chi connectivity index (χ3v) is 9.55. The zero-order chi connectivity index (χ0) is 28.4. The summed E-state index contributed by atoms with van der Waals surface area (Å²) in [7, 11) is -3.64. The number of rotatable bonds is 7. The van der Waals surface area contributed by atoms with Gasteiger partial charge in [-0.1, -0.05) is 18.0 Å². The Kier molecular flexibility index (Phi) is 8.04. The molecule has 208 valence electrons. The first kappa shape index (κ1) is 28.0. The molecule has 0 saturated carbocycles. The van der Waals surface area contributed by atoms with Crippen molar-refractivity contribution in [2.45, 2.75) is 31.1 Å². The van der Waals surface area contributed by atoms with Crippen LogP contribution in [-0.2, 0) is 14.8 Å². The molecule has 0 spiro atoms. The van der Waals surface area contributed by atoms with E-state index in [0.717, 1.165) is 35.3 Å². The van der Waals surface area contributed by atoms with Gasteiger partial charge in [-0.2, -0.15) is 14.1 Å². The Morgan fingerprint density at radius 2 is 1.73 bits per heavy atom. The lowest BCUT2D eigenvalue weighted by Crippen LogP contribution is -2.35. The Balaban J connectivity index is 1.49. The highest BCUT2D eigenvalue weighted by Gasteiger charge is 2.27. The third-order valence-electron chi connectivity index (χ3n) is 6.49. The van der Waals surface area contributed by atoms with Gasteiger partial charge in [-0.05, 0) is 68.3 Å². The van der Waals surface area contributed by atoms with E-state index in [2.05, 4.69) is 10.4 Å². The van der Waals surface area contributed by atoms with Gasteiger partial charge in [0.15, 0.2) is 5.69 Å². The van der Waals surface area contributed by atoms with Crippen LogP contribution in [0.3, 0.4) is 0 Å². The van der Waals surface area contributed by atoms with Gasteiger partial charge in [0.05, 0.1) is 22.6 Å². The second-order valence-electron chi connectivity index (χ2n) is 9.06. The largest absolute Gasteiger partial charge is 0.461 e. The Morgan fingerprint density at radius 1 is 1.05 bits per heavy atom. The van der Waals surface area contributed by atoms with Crippen LogP contribution in [0, 0.1) is 0 Å². The second kappa shape index (κ2) is 11.5. The lowest BCUT2D eigenvalue weighted by molar-refractivity contribution is 0.0519. The number of sulfonamides is 1. The number of hydrogen-bond donors (Lipinski definition) is 1. The number of hydrogen-bond acceptors (Lipinski definition) is 8. The number of thiophene rings is 1.